The van der Waals surface area contributed by atoms with Crippen LogP contribution in [0.2, 0.25) is 0 Å². The van der Waals surface area contributed by atoms with Gasteiger partial charge in [0.25, 0.3) is 0 Å². The van der Waals surface area contributed by atoms with Crippen LogP contribution in [-0.4, -0.2) is 22.0 Å². The van der Waals surface area contributed by atoms with Gasteiger partial charge in [-0.05, 0) is 45.7 Å². The van der Waals surface area contributed by atoms with Crippen LogP contribution in [0.5, 0.6) is 0 Å². The number of benzene rings is 1. The predicted octanol–water partition coefficient (Wildman–Crippen LogP) is 3.31. The highest BCUT2D eigenvalue weighted by Crippen LogP contribution is 2.38. The molecule has 1 heterocycles. The van der Waals surface area contributed by atoms with Gasteiger partial charge in [0.05, 0.1) is 22.5 Å². The summed E-state index contributed by atoms with van der Waals surface area (Å²) in [5.74, 6) is 0.988. The fraction of sp³-hybridized carbons (Fsp3) is 0.579. The SMILES string of the molecule is CC(NC(=O)C1(CN)CCCC1)c1nc2ccccc2n1C(C)C. The number of nitrogens with one attached hydrogen (secondary N) is 1. The summed E-state index contributed by atoms with van der Waals surface area (Å²) in [5.41, 5.74) is 7.63. The van der Waals surface area contributed by atoms with E-state index in [4.69, 9.17) is 10.7 Å². The Hall–Kier alpha value is -1.88. The molecule has 1 saturated carbocycles. The number of carbonyl (C=O) groups excluding carboxylic acids is 1. The first kappa shape index (κ1) is 17.0. The Morgan fingerprint density at radius 3 is 2.58 bits per heavy atom. The summed E-state index contributed by atoms with van der Waals surface area (Å²) in [4.78, 5) is 17.6. The third kappa shape index (κ3) is 2.81. The van der Waals surface area contributed by atoms with E-state index in [0.717, 1.165) is 42.5 Å². The molecule has 1 aliphatic rings. The highest BCUT2D eigenvalue weighted by Gasteiger charge is 2.40. The van der Waals surface area contributed by atoms with Crippen LogP contribution in [0.1, 0.15) is 64.4 Å². The molecule has 2 aromatic rings. The minimum Gasteiger partial charge on any atom is -0.346 e. The Morgan fingerprint density at radius 2 is 1.96 bits per heavy atom. The Labute approximate surface area is 143 Å². The van der Waals surface area contributed by atoms with Gasteiger partial charge >= 0.3 is 0 Å². The van der Waals surface area contributed by atoms with Crippen molar-refractivity contribution in [2.75, 3.05) is 6.54 Å². The maximum absolute atomic E-state index is 12.9. The Morgan fingerprint density at radius 1 is 1.29 bits per heavy atom. The van der Waals surface area contributed by atoms with Crippen molar-refractivity contribution in [1.82, 2.24) is 14.9 Å². The van der Waals surface area contributed by atoms with Gasteiger partial charge < -0.3 is 15.6 Å². The molecule has 0 bridgehead atoms. The van der Waals surface area contributed by atoms with Crippen LogP contribution >= 0.6 is 0 Å². The van der Waals surface area contributed by atoms with E-state index >= 15 is 0 Å². The first-order valence-corrected chi connectivity index (χ1v) is 8.96. The summed E-state index contributed by atoms with van der Waals surface area (Å²) in [5, 5.41) is 3.18. The number of hydrogen-bond acceptors (Lipinski definition) is 3. The second-order valence-corrected chi connectivity index (χ2v) is 7.31. The maximum atomic E-state index is 12.9. The molecule has 3 rings (SSSR count). The van der Waals surface area contributed by atoms with Crippen molar-refractivity contribution >= 4 is 16.9 Å². The zero-order valence-electron chi connectivity index (χ0n) is 14.9. The predicted molar refractivity (Wildman–Crippen MR) is 96.6 cm³/mol. The van der Waals surface area contributed by atoms with Gasteiger partial charge in [0.1, 0.15) is 5.82 Å². The number of rotatable bonds is 5. The molecule has 1 fully saturated rings. The van der Waals surface area contributed by atoms with E-state index in [2.05, 4.69) is 29.8 Å². The molecular formula is C19H28N4O. The molecule has 3 N–H and O–H groups in total. The molecule has 0 radical (unpaired) electrons. The summed E-state index contributed by atoms with van der Waals surface area (Å²) < 4.78 is 2.21. The van der Waals surface area contributed by atoms with E-state index < -0.39 is 0 Å². The molecule has 1 aliphatic carbocycles. The largest absolute Gasteiger partial charge is 0.346 e. The topological polar surface area (TPSA) is 72.9 Å². The minimum absolute atomic E-state index is 0.0809. The number of nitrogens with two attached hydrogens (primary N) is 1. The van der Waals surface area contributed by atoms with Crippen molar-refractivity contribution in [2.45, 2.75) is 58.5 Å². The number of aromatic nitrogens is 2. The lowest BCUT2D eigenvalue weighted by Gasteiger charge is -2.28. The van der Waals surface area contributed by atoms with Crippen molar-refractivity contribution in [2.24, 2.45) is 11.1 Å². The highest BCUT2D eigenvalue weighted by molar-refractivity contribution is 5.84. The van der Waals surface area contributed by atoms with Gasteiger partial charge in [-0.2, -0.15) is 0 Å². The molecule has 1 unspecified atom stereocenters. The first-order valence-electron chi connectivity index (χ1n) is 8.96. The second-order valence-electron chi connectivity index (χ2n) is 7.31. The van der Waals surface area contributed by atoms with Crippen molar-refractivity contribution in [3.8, 4) is 0 Å². The highest BCUT2D eigenvalue weighted by atomic mass is 16.2. The van der Waals surface area contributed by atoms with Crippen LogP contribution in [0, 0.1) is 5.41 Å². The first-order chi connectivity index (χ1) is 11.5. The summed E-state index contributed by atoms with van der Waals surface area (Å²) in [6.45, 7) is 6.72. The molecule has 130 valence electrons. The summed E-state index contributed by atoms with van der Waals surface area (Å²) in [6, 6.07) is 8.26. The van der Waals surface area contributed by atoms with Crippen LogP contribution in [0.15, 0.2) is 24.3 Å². The molecule has 0 saturated heterocycles. The number of imidazole rings is 1. The van der Waals surface area contributed by atoms with E-state index in [1.807, 2.05) is 25.1 Å². The average molecular weight is 328 g/mol. The molecule has 0 aliphatic heterocycles. The molecule has 5 nitrogen and oxygen atoms in total. The lowest BCUT2D eigenvalue weighted by molar-refractivity contribution is -0.131. The molecule has 5 heteroatoms. The van der Waals surface area contributed by atoms with Gasteiger partial charge in [0.15, 0.2) is 0 Å². The van der Waals surface area contributed by atoms with Gasteiger partial charge in [0.2, 0.25) is 5.91 Å². The zero-order valence-corrected chi connectivity index (χ0v) is 14.9. The van der Waals surface area contributed by atoms with Crippen LogP contribution in [0.4, 0.5) is 0 Å². The van der Waals surface area contributed by atoms with Crippen LogP contribution < -0.4 is 11.1 Å². The van der Waals surface area contributed by atoms with E-state index in [0.29, 0.717) is 6.54 Å². The van der Waals surface area contributed by atoms with E-state index in [1.165, 1.54) is 0 Å². The molecule has 1 aromatic heterocycles. The van der Waals surface area contributed by atoms with E-state index in [-0.39, 0.29) is 23.4 Å². The average Bonchev–Trinajstić information content (AvgIpc) is 3.19. The Bertz CT molecular complexity index is 728. The van der Waals surface area contributed by atoms with E-state index in [9.17, 15) is 4.79 Å². The third-order valence-electron chi connectivity index (χ3n) is 5.31. The standard InChI is InChI=1S/C19H28N4O/c1-13(2)23-16-9-5-4-8-15(16)22-17(23)14(3)21-18(24)19(12-20)10-6-7-11-19/h4-5,8-9,13-14H,6-7,10-12,20H2,1-3H3,(H,21,24). The molecule has 1 atom stereocenters. The smallest absolute Gasteiger partial charge is 0.228 e. The third-order valence-corrected chi connectivity index (χ3v) is 5.31. The van der Waals surface area contributed by atoms with Crippen molar-refractivity contribution in [1.29, 1.82) is 0 Å². The van der Waals surface area contributed by atoms with Gasteiger partial charge in [-0.25, -0.2) is 4.98 Å². The van der Waals surface area contributed by atoms with Crippen molar-refractivity contribution < 1.29 is 4.79 Å². The Kier molecular flexibility index (Phi) is 4.63. The van der Waals surface area contributed by atoms with Gasteiger partial charge in [-0.15, -0.1) is 0 Å². The summed E-state index contributed by atoms with van der Waals surface area (Å²) in [7, 11) is 0. The lowest BCUT2D eigenvalue weighted by atomic mass is 9.85. The number of fused-ring (bicyclic) bond motifs is 1. The van der Waals surface area contributed by atoms with Gasteiger partial charge in [0, 0.05) is 12.6 Å². The van der Waals surface area contributed by atoms with Crippen molar-refractivity contribution in [3.63, 3.8) is 0 Å². The fourth-order valence-corrected chi connectivity index (χ4v) is 3.90. The van der Waals surface area contributed by atoms with Crippen LogP contribution in [0.3, 0.4) is 0 Å². The van der Waals surface area contributed by atoms with Crippen LogP contribution in [-0.2, 0) is 4.79 Å². The maximum Gasteiger partial charge on any atom is 0.228 e. The summed E-state index contributed by atoms with van der Waals surface area (Å²) >= 11 is 0. The number of carbonyl (C=O) groups is 1. The quantitative estimate of drug-likeness (QED) is 0.884. The molecule has 1 amide bonds. The number of hydrogen-bond donors (Lipinski definition) is 2. The lowest BCUT2D eigenvalue weighted by Crippen LogP contribution is -2.45. The minimum atomic E-state index is -0.386. The summed E-state index contributed by atoms with van der Waals surface area (Å²) in [6.07, 6.45) is 3.96. The Balaban J connectivity index is 1.90. The van der Waals surface area contributed by atoms with Gasteiger partial charge in [-0.1, -0.05) is 25.0 Å². The van der Waals surface area contributed by atoms with Crippen LogP contribution in [0.25, 0.3) is 11.0 Å². The van der Waals surface area contributed by atoms with Gasteiger partial charge in [-0.3, -0.25) is 4.79 Å². The normalized spacial score (nSPS) is 18.2. The number of nitrogens with zero attached hydrogens (tertiary/aromatic N) is 2. The molecular weight excluding hydrogens is 300 g/mol. The molecule has 24 heavy (non-hydrogen) atoms. The molecule has 1 aromatic carbocycles. The van der Waals surface area contributed by atoms with E-state index in [1.54, 1.807) is 0 Å². The monoisotopic (exact) mass is 328 g/mol. The van der Waals surface area contributed by atoms with Crippen molar-refractivity contribution in [3.05, 3.63) is 30.1 Å². The number of amides is 1. The zero-order chi connectivity index (χ0) is 17.3. The second kappa shape index (κ2) is 6.55. The fourth-order valence-electron chi connectivity index (χ4n) is 3.90. The number of para-hydroxylation sites is 2. The molecule has 0 spiro atoms.